The Hall–Kier alpha value is -5.92. The van der Waals surface area contributed by atoms with Gasteiger partial charge >= 0.3 is 0 Å². The summed E-state index contributed by atoms with van der Waals surface area (Å²) in [4.78, 5) is 21.2. The van der Waals surface area contributed by atoms with Gasteiger partial charge in [-0.05, 0) is 271 Å². The molecule has 0 radical (unpaired) electrons. The number of Topliss-reactive ketones (excluding diaryl/α,β-unsaturated/α-hetero) is 1. The number of anilines is 1. The molecule has 3 saturated carbocycles. The number of ketones is 1. The molecule has 18 nitrogen and oxygen atoms in total. The van der Waals surface area contributed by atoms with Crippen LogP contribution in [0.2, 0.25) is 0 Å². The smallest absolute Gasteiger partial charge is 0.238 e. The van der Waals surface area contributed by atoms with Gasteiger partial charge in [-0.1, -0.05) is 101 Å². The van der Waals surface area contributed by atoms with E-state index in [1.165, 1.54) is 90.6 Å². The van der Waals surface area contributed by atoms with Gasteiger partial charge in [0.2, 0.25) is 20.0 Å². The Bertz CT molecular complexity index is 3860. The minimum atomic E-state index is -3.66. The van der Waals surface area contributed by atoms with Crippen molar-refractivity contribution in [3.8, 4) is 11.5 Å². The molecule has 1 unspecified atom stereocenters. The summed E-state index contributed by atoms with van der Waals surface area (Å²) in [5.74, 6) is 3.75. The second-order valence-corrected chi connectivity index (χ2v) is 33.8. The van der Waals surface area contributed by atoms with E-state index in [9.17, 15) is 40.6 Å². The van der Waals surface area contributed by atoms with E-state index < -0.39 is 31.3 Å². The summed E-state index contributed by atoms with van der Waals surface area (Å²) in [5, 5.41) is 38.5. The highest BCUT2D eigenvalue weighted by atomic mass is 32.2. The first-order valence-electron chi connectivity index (χ1n) is 35.1. The lowest BCUT2D eigenvalue weighted by atomic mass is 9.61. The van der Waals surface area contributed by atoms with Crippen molar-refractivity contribution < 1.29 is 40.6 Å². The Labute approximate surface area is 592 Å². The second kappa shape index (κ2) is 31.4. The van der Waals surface area contributed by atoms with Crippen molar-refractivity contribution in [2.45, 2.75) is 195 Å². The van der Waals surface area contributed by atoms with Gasteiger partial charge in [-0.3, -0.25) is 23.7 Å². The minimum Gasteiger partial charge on any atom is -0.755 e. The average molecular weight is 1410 g/mol. The third-order valence-electron chi connectivity index (χ3n) is 22.9. The van der Waals surface area contributed by atoms with Crippen molar-refractivity contribution in [3.63, 3.8) is 0 Å². The molecule has 6 aliphatic carbocycles. The number of nitrogens with two attached hydrogens (primary N) is 3. The SMILES string of the molecule is C.C.C[C@]12CCN(CC3CC3)[C@H](Cc3ccc(O)cc31)[C@@H]2NCCc1ccc(S(N)(=O)=O)cc1.C[C@]12CCN(CC3CC3)[C@H](Cc3ccc(O)cc31)[C@H]2NCCc1ccc(S(N)(=O)=O)cc1.Cc1ccc2c(c1)[C@]1(C)CCN(CC3CC3)[C@H](C2)C1=O.NCCc1ccc(NS(=O)[O-])cc1. The normalized spacial score (nSPS) is 26.3. The van der Waals surface area contributed by atoms with Gasteiger partial charge in [0.15, 0.2) is 5.78 Å². The summed E-state index contributed by atoms with van der Waals surface area (Å²) >= 11 is -2.25. The van der Waals surface area contributed by atoms with Crippen LogP contribution in [0.1, 0.15) is 149 Å². The molecule has 3 heterocycles. The number of nitrogens with one attached hydrogen (secondary N) is 3. The molecule has 11 N–H and O–H groups in total. The van der Waals surface area contributed by atoms with Gasteiger partial charge in [0.05, 0.1) is 21.2 Å². The lowest BCUT2D eigenvalue weighted by molar-refractivity contribution is -0.134. The van der Waals surface area contributed by atoms with Gasteiger partial charge in [0, 0.05) is 78.1 Å². The molecule has 9 aliphatic rings. The molecule has 9 atom stereocenters. The van der Waals surface area contributed by atoms with Crippen molar-refractivity contribution in [2.75, 3.05) is 63.6 Å². The maximum absolute atomic E-state index is 13.0. The van der Waals surface area contributed by atoms with Gasteiger partial charge < -0.3 is 35.9 Å². The van der Waals surface area contributed by atoms with E-state index >= 15 is 0 Å². The average Bonchev–Trinajstić information content (AvgIpc) is 1.75. The summed E-state index contributed by atoms with van der Waals surface area (Å²) < 4.78 is 68.7. The zero-order valence-electron chi connectivity index (χ0n) is 56.8. The summed E-state index contributed by atoms with van der Waals surface area (Å²) in [6, 6.07) is 41.0. The fourth-order valence-electron chi connectivity index (χ4n) is 16.8. The number of piperidine rings is 3. The van der Waals surface area contributed by atoms with Crippen LogP contribution in [0.25, 0.3) is 0 Å². The maximum Gasteiger partial charge on any atom is 0.238 e. The molecular weight excluding hydrogens is 1300 g/mol. The highest BCUT2D eigenvalue weighted by molar-refractivity contribution is 7.89. The molecule has 6 aromatic carbocycles. The first kappa shape index (κ1) is 75.7. The molecule has 538 valence electrons. The second-order valence-electron chi connectivity index (χ2n) is 30.0. The lowest BCUT2D eigenvalue weighted by Gasteiger charge is -2.56. The zero-order valence-corrected chi connectivity index (χ0v) is 59.2. The van der Waals surface area contributed by atoms with Crippen LogP contribution in [-0.2, 0) is 90.9 Å². The predicted molar refractivity (Wildman–Crippen MR) is 395 cm³/mol. The van der Waals surface area contributed by atoms with E-state index in [0.717, 1.165) is 132 Å². The van der Waals surface area contributed by atoms with Crippen molar-refractivity contribution in [1.29, 1.82) is 0 Å². The number of aromatic hydroxyl groups is 2. The van der Waals surface area contributed by atoms with Gasteiger partial charge in [0.1, 0.15) is 11.5 Å². The third-order valence-corrected chi connectivity index (χ3v) is 25.1. The van der Waals surface area contributed by atoms with E-state index in [4.69, 9.17) is 16.0 Å². The number of hydrogen-bond acceptors (Lipinski definition) is 15. The Morgan fingerprint density at radius 1 is 0.545 bits per heavy atom. The van der Waals surface area contributed by atoms with Crippen LogP contribution < -0.4 is 31.4 Å². The molecule has 3 aliphatic heterocycles. The van der Waals surface area contributed by atoms with E-state index in [0.29, 0.717) is 53.7 Å². The Morgan fingerprint density at radius 3 is 1.37 bits per heavy atom. The molecule has 21 heteroatoms. The number of carbonyl (C=O) groups is 1. The number of hydrogen-bond donors (Lipinski definition) is 8. The number of carbonyl (C=O) groups excluding carboxylic acids is 1. The summed E-state index contributed by atoms with van der Waals surface area (Å²) in [6.07, 6.45) is 16.7. The van der Waals surface area contributed by atoms with Gasteiger partial charge in [-0.15, -0.1) is 0 Å². The minimum absolute atomic E-state index is 0. The van der Waals surface area contributed by atoms with Gasteiger partial charge in [-0.2, -0.15) is 0 Å². The van der Waals surface area contributed by atoms with Crippen molar-refractivity contribution in [1.82, 2.24) is 25.3 Å². The number of benzene rings is 6. The highest BCUT2D eigenvalue weighted by Gasteiger charge is 2.54. The molecule has 0 spiro atoms. The molecule has 0 aromatic heterocycles. The number of primary sulfonamides is 2. The van der Waals surface area contributed by atoms with Gasteiger partial charge in [-0.25, -0.2) is 27.1 Å². The van der Waals surface area contributed by atoms with Crippen LogP contribution in [0.15, 0.2) is 137 Å². The van der Waals surface area contributed by atoms with Crippen LogP contribution in [0.5, 0.6) is 11.5 Å². The number of aryl methyl sites for hydroxylation is 1. The number of likely N-dealkylation sites (tertiary alicyclic amines) is 3. The largest absolute Gasteiger partial charge is 0.755 e. The quantitative estimate of drug-likeness (QED) is 0.0330. The number of nitrogens with zero attached hydrogens (tertiary/aromatic N) is 3. The van der Waals surface area contributed by atoms with E-state index in [1.54, 1.807) is 36.4 Å². The Morgan fingerprint density at radius 2 is 0.949 bits per heavy atom. The Balaban J connectivity index is 0.000000149. The van der Waals surface area contributed by atoms with Crippen LogP contribution in [0, 0.1) is 24.7 Å². The predicted octanol–water partition coefficient (Wildman–Crippen LogP) is 9.61. The molecule has 6 aromatic rings. The van der Waals surface area contributed by atoms with Crippen LogP contribution in [0.4, 0.5) is 5.69 Å². The fraction of sp³-hybridized carbons (Fsp3) is 0.526. The number of phenolic OH excluding ortho intramolecular Hbond substituents is 2. The van der Waals surface area contributed by atoms with Crippen molar-refractivity contribution in [2.24, 2.45) is 33.8 Å². The topological polar surface area (TPSA) is 290 Å². The van der Waals surface area contributed by atoms with Crippen molar-refractivity contribution in [3.05, 3.63) is 183 Å². The molecule has 99 heavy (non-hydrogen) atoms. The number of rotatable bonds is 20. The maximum atomic E-state index is 13.0. The van der Waals surface area contributed by atoms with Crippen LogP contribution >= 0.6 is 0 Å². The van der Waals surface area contributed by atoms with E-state index in [1.807, 2.05) is 60.7 Å². The van der Waals surface area contributed by atoms with E-state index in [2.05, 4.69) is 88.1 Å². The number of phenols is 2. The van der Waals surface area contributed by atoms with Gasteiger partial charge in [0.25, 0.3) is 0 Å². The third kappa shape index (κ3) is 17.8. The summed E-state index contributed by atoms with van der Waals surface area (Å²) in [6.45, 7) is 18.1. The van der Waals surface area contributed by atoms with E-state index in [-0.39, 0.29) is 46.9 Å². The zero-order chi connectivity index (χ0) is 68.6. The monoisotopic (exact) mass is 1410 g/mol. The highest BCUT2D eigenvalue weighted by Crippen LogP contribution is 2.50. The first-order valence-corrected chi connectivity index (χ1v) is 39.3. The van der Waals surface area contributed by atoms with Crippen LogP contribution in [-0.4, -0.2) is 145 Å². The molecular formula is C78H108N9O9S3-. The summed E-state index contributed by atoms with van der Waals surface area (Å²) in [7, 11) is -7.32. The fourth-order valence-corrected chi connectivity index (χ4v) is 18.1. The number of sulfonamides is 2. The molecule has 15 rings (SSSR count). The Kier molecular flexibility index (Phi) is 24.0. The molecule has 6 bridgehead atoms. The molecule has 3 saturated heterocycles. The number of fused-ring (bicyclic) bond motifs is 12. The molecule has 6 fully saturated rings. The molecule has 0 amide bonds. The summed E-state index contributed by atoms with van der Waals surface area (Å²) in [5.41, 5.74) is 18.2. The van der Waals surface area contributed by atoms with Crippen LogP contribution in [0.3, 0.4) is 0 Å². The lowest BCUT2D eigenvalue weighted by Crippen LogP contribution is -2.67. The standard InChI is InChI=1S/2C25H33N3O3S.C18H23NO.C8H12N2O2S.2CH4/c2*1-25-11-13-28(16-18-2-3-18)23(14-19-6-7-20(29)15-22(19)25)24(25)27-12-10-17-4-8-21(9-5-17)32(26,30)31;1-12-3-6-14-10-16-17(20)18(2,15(14)9-12)7-8-19(16)11-13-4-5-13;9-6-5-7-1-3-8(4-2-7)10-13(11)12;;/h2*4-9,15,18,23-24,27,29H,2-3,10-14,16H2,1H3,(H2,26,30,31);3,6,9,13,16H,4-5,7-8,10-11H2,1-2H3;1-4,10H,5-6,9H2,(H,11,12);2*1H4/p-1/t23-,24+,25+;23-,24-,25+;16-,18+;;;/m111.../s1. The van der Waals surface area contributed by atoms with Crippen molar-refractivity contribution >= 4 is 42.8 Å². The first-order chi connectivity index (χ1) is 46.3.